The molecule has 8 heteroatoms. The van der Waals surface area contributed by atoms with Gasteiger partial charge in [-0.05, 0) is 43.3 Å². The van der Waals surface area contributed by atoms with E-state index in [-0.39, 0.29) is 23.4 Å². The van der Waals surface area contributed by atoms with Gasteiger partial charge in [0.15, 0.2) is 5.78 Å². The fourth-order valence-electron chi connectivity index (χ4n) is 2.97. The fraction of sp³-hybridized carbons (Fsp3) is 0.200. The number of hydrazine groups is 1. The molecule has 3 amide bonds. The van der Waals surface area contributed by atoms with Crippen molar-refractivity contribution in [2.45, 2.75) is 25.8 Å². The van der Waals surface area contributed by atoms with Crippen LogP contribution in [0.25, 0.3) is 0 Å². The monoisotopic (exact) mass is 418 g/mol. The molecular formula is C20H16Cl2N2O4. The standard InChI is InChI=1S/C20H16Cl2N2O4/c1-12(19(27)13-6-8-14(21)9-7-13)23(24-17(25)10-11-18(24)26)20(28)15-4-2-3-5-16(15)22/h2-9,12H,10-11H2,1H3. The first-order chi connectivity index (χ1) is 13.3. The molecule has 1 atom stereocenters. The largest absolute Gasteiger partial charge is 0.292 e. The van der Waals surface area contributed by atoms with Crippen LogP contribution in [-0.2, 0) is 9.59 Å². The van der Waals surface area contributed by atoms with E-state index in [0.29, 0.717) is 10.6 Å². The van der Waals surface area contributed by atoms with Gasteiger partial charge in [-0.2, -0.15) is 5.01 Å². The Hall–Kier alpha value is -2.70. The molecule has 0 radical (unpaired) electrons. The van der Waals surface area contributed by atoms with Gasteiger partial charge in [0.2, 0.25) is 11.8 Å². The number of carbonyl (C=O) groups is 4. The highest BCUT2D eigenvalue weighted by atomic mass is 35.5. The number of halogens is 2. The van der Waals surface area contributed by atoms with Gasteiger partial charge in [-0.3, -0.25) is 19.2 Å². The van der Waals surface area contributed by atoms with Gasteiger partial charge in [-0.1, -0.05) is 35.3 Å². The Labute approximate surface area is 171 Å². The molecule has 2 aromatic carbocycles. The fourth-order valence-corrected chi connectivity index (χ4v) is 3.31. The van der Waals surface area contributed by atoms with Gasteiger partial charge in [0.1, 0.15) is 6.04 Å². The van der Waals surface area contributed by atoms with Crippen LogP contribution in [-0.4, -0.2) is 39.6 Å². The van der Waals surface area contributed by atoms with E-state index in [1.54, 1.807) is 24.3 Å². The van der Waals surface area contributed by atoms with Gasteiger partial charge in [0.05, 0.1) is 10.6 Å². The summed E-state index contributed by atoms with van der Waals surface area (Å²) < 4.78 is 0. The average Bonchev–Trinajstić information content (AvgIpc) is 3.01. The van der Waals surface area contributed by atoms with Crippen LogP contribution in [0.3, 0.4) is 0 Å². The maximum absolute atomic E-state index is 13.2. The van der Waals surface area contributed by atoms with Crippen molar-refractivity contribution in [1.29, 1.82) is 0 Å². The van der Waals surface area contributed by atoms with Crippen LogP contribution in [0.5, 0.6) is 0 Å². The van der Waals surface area contributed by atoms with Crippen molar-refractivity contribution in [2.24, 2.45) is 0 Å². The normalized spacial score (nSPS) is 14.9. The zero-order valence-electron chi connectivity index (χ0n) is 14.9. The summed E-state index contributed by atoms with van der Waals surface area (Å²) in [4.78, 5) is 50.8. The van der Waals surface area contributed by atoms with E-state index >= 15 is 0 Å². The van der Waals surface area contributed by atoms with Gasteiger partial charge in [0, 0.05) is 23.4 Å². The van der Waals surface area contributed by atoms with E-state index < -0.39 is 29.5 Å². The Morgan fingerprint density at radius 1 is 0.964 bits per heavy atom. The highest BCUT2D eigenvalue weighted by Gasteiger charge is 2.42. The highest BCUT2D eigenvalue weighted by molar-refractivity contribution is 6.34. The van der Waals surface area contributed by atoms with Crippen LogP contribution in [0.15, 0.2) is 48.5 Å². The molecule has 0 aromatic heterocycles. The number of Topliss-reactive ketones (excluding diaryl/α,β-unsaturated/α-hetero) is 1. The van der Waals surface area contributed by atoms with Crippen molar-refractivity contribution < 1.29 is 19.2 Å². The van der Waals surface area contributed by atoms with Crippen LogP contribution >= 0.6 is 23.2 Å². The number of carbonyl (C=O) groups excluding carboxylic acids is 4. The first kappa shape index (κ1) is 20.0. The van der Waals surface area contributed by atoms with Crippen LogP contribution < -0.4 is 0 Å². The predicted molar refractivity (Wildman–Crippen MR) is 104 cm³/mol. The number of nitrogens with zero attached hydrogens (tertiary/aromatic N) is 2. The summed E-state index contributed by atoms with van der Waals surface area (Å²) in [6, 6.07) is 11.3. The lowest BCUT2D eigenvalue weighted by Crippen LogP contribution is -2.56. The summed E-state index contributed by atoms with van der Waals surface area (Å²) in [6.07, 6.45) is -0.0417. The van der Waals surface area contributed by atoms with Gasteiger partial charge in [-0.15, -0.1) is 0 Å². The quantitative estimate of drug-likeness (QED) is 0.546. The lowest BCUT2D eigenvalue weighted by Gasteiger charge is -2.34. The highest BCUT2D eigenvalue weighted by Crippen LogP contribution is 2.25. The molecule has 2 aromatic rings. The van der Waals surface area contributed by atoms with Crippen molar-refractivity contribution >= 4 is 46.7 Å². The lowest BCUT2D eigenvalue weighted by molar-refractivity contribution is -0.154. The van der Waals surface area contributed by atoms with Crippen molar-refractivity contribution in [2.75, 3.05) is 0 Å². The van der Waals surface area contributed by atoms with E-state index in [4.69, 9.17) is 23.2 Å². The molecule has 0 bridgehead atoms. The first-order valence-corrected chi connectivity index (χ1v) is 9.30. The van der Waals surface area contributed by atoms with Crippen LogP contribution in [0, 0.1) is 0 Å². The summed E-state index contributed by atoms with van der Waals surface area (Å²) in [5.74, 6) is -2.23. The Morgan fingerprint density at radius 3 is 2.11 bits per heavy atom. The smallest absolute Gasteiger partial charge is 0.275 e. The van der Waals surface area contributed by atoms with Crippen LogP contribution in [0.2, 0.25) is 10.0 Å². The van der Waals surface area contributed by atoms with E-state index in [0.717, 1.165) is 10.0 Å². The molecule has 0 saturated carbocycles. The van der Waals surface area contributed by atoms with Gasteiger partial charge in [0.25, 0.3) is 5.91 Å². The number of rotatable bonds is 5. The molecule has 28 heavy (non-hydrogen) atoms. The minimum Gasteiger partial charge on any atom is -0.292 e. The van der Waals surface area contributed by atoms with E-state index in [9.17, 15) is 19.2 Å². The van der Waals surface area contributed by atoms with Crippen molar-refractivity contribution in [3.05, 3.63) is 69.7 Å². The number of benzene rings is 2. The number of amides is 3. The molecule has 0 aliphatic carbocycles. The molecule has 1 aliphatic heterocycles. The number of ketones is 1. The lowest BCUT2D eigenvalue weighted by atomic mass is 10.0. The predicted octanol–water partition coefficient (Wildman–Crippen LogP) is 3.77. The van der Waals surface area contributed by atoms with Crippen molar-refractivity contribution in [3.63, 3.8) is 0 Å². The number of hydrogen-bond donors (Lipinski definition) is 0. The first-order valence-electron chi connectivity index (χ1n) is 8.55. The molecule has 1 aliphatic rings. The van der Waals surface area contributed by atoms with E-state index in [2.05, 4.69) is 0 Å². The van der Waals surface area contributed by atoms with Gasteiger partial charge < -0.3 is 0 Å². The molecule has 1 fully saturated rings. The topological polar surface area (TPSA) is 74.8 Å². The third-order valence-corrected chi connectivity index (χ3v) is 5.01. The zero-order valence-corrected chi connectivity index (χ0v) is 16.4. The molecule has 3 rings (SSSR count). The number of hydrogen-bond acceptors (Lipinski definition) is 4. The van der Waals surface area contributed by atoms with Crippen LogP contribution in [0.1, 0.15) is 40.5 Å². The molecule has 1 heterocycles. The second kappa shape index (κ2) is 8.12. The van der Waals surface area contributed by atoms with Crippen molar-refractivity contribution in [1.82, 2.24) is 10.0 Å². The molecule has 1 saturated heterocycles. The molecule has 0 spiro atoms. The minimum atomic E-state index is -1.11. The number of imide groups is 1. The molecular weight excluding hydrogens is 403 g/mol. The second-order valence-corrected chi connectivity index (χ2v) is 7.12. The summed E-state index contributed by atoms with van der Waals surface area (Å²) in [6.45, 7) is 1.46. The second-order valence-electron chi connectivity index (χ2n) is 6.28. The molecule has 144 valence electrons. The SMILES string of the molecule is CC(C(=O)c1ccc(Cl)cc1)N(C(=O)c1ccccc1Cl)N1C(=O)CCC1=O. The average molecular weight is 419 g/mol. The molecule has 6 nitrogen and oxygen atoms in total. The van der Waals surface area contributed by atoms with Gasteiger partial charge >= 0.3 is 0 Å². The van der Waals surface area contributed by atoms with E-state index in [1.807, 2.05) is 0 Å². The molecule has 1 unspecified atom stereocenters. The maximum atomic E-state index is 13.2. The Kier molecular flexibility index (Phi) is 5.82. The Morgan fingerprint density at radius 2 is 1.54 bits per heavy atom. The third kappa shape index (κ3) is 3.79. The minimum absolute atomic E-state index is 0.0208. The Bertz CT molecular complexity index is 943. The summed E-state index contributed by atoms with van der Waals surface area (Å²) >= 11 is 12.0. The summed E-state index contributed by atoms with van der Waals surface area (Å²) in [7, 11) is 0. The maximum Gasteiger partial charge on any atom is 0.275 e. The van der Waals surface area contributed by atoms with Crippen molar-refractivity contribution in [3.8, 4) is 0 Å². The summed E-state index contributed by atoms with van der Waals surface area (Å²) in [5.41, 5.74) is 0.389. The zero-order chi connectivity index (χ0) is 20.4. The third-order valence-electron chi connectivity index (χ3n) is 4.43. The van der Waals surface area contributed by atoms with Crippen LogP contribution in [0.4, 0.5) is 0 Å². The summed E-state index contributed by atoms with van der Waals surface area (Å²) in [5, 5.41) is 2.26. The molecule has 0 N–H and O–H groups in total. The van der Waals surface area contributed by atoms with E-state index in [1.165, 1.54) is 31.2 Å². The van der Waals surface area contributed by atoms with Gasteiger partial charge in [-0.25, -0.2) is 5.01 Å². The Balaban J connectivity index is 2.03.